The summed E-state index contributed by atoms with van der Waals surface area (Å²) >= 11 is 1.78. The van der Waals surface area contributed by atoms with Gasteiger partial charge in [-0.1, -0.05) is 6.07 Å². The first-order chi connectivity index (χ1) is 12.2. The van der Waals surface area contributed by atoms with Crippen LogP contribution in [-0.4, -0.2) is 32.8 Å². The molecule has 1 aromatic heterocycles. The molecule has 0 radical (unpaired) electrons. The number of hydrogen-bond acceptors (Lipinski definition) is 4. The second-order valence-corrected chi connectivity index (χ2v) is 7.12. The van der Waals surface area contributed by atoms with Gasteiger partial charge in [0.25, 0.3) is 0 Å². The fourth-order valence-electron chi connectivity index (χ4n) is 2.97. The van der Waals surface area contributed by atoms with E-state index in [1.165, 1.54) is 10.4 Å². The quantitative estimate of drug-likeness (QED) is 0.372. The van der Waals surface area contributed by atoms with Crippen LogP contribution in [0.1, 0.15) is 22.9 Å². The number of hydrogen-bond donors (Lipinski definition) is 2. The van der Waals surface area contributed by atoms with Crippen LogP contribution in [0.3, 0.4) is 0 Å². The molecule has 0 saturated carbocycles. The molecule has 1 aliphatic heterocycles. The highest BCUT2D eigenvalue weighted by Gasteiger charge is 2.21. The highest BCUT2D eigenvalue weighted by molar-refractivity contribution is 14.0. The number of halogens is 1. The minimum atomic E-state index is 0. The molecule has 1 atom stereocenters. The van der Waals surface area contributed by atoms with Gasteiger partial charge in [0.05, 0.1) is 7.11 Å². The van der Waals surface area contributed by atoms with Gasteiger partial charge in [-0.25, -0.2) is 0 Å². The third kappa shape index (κ3) is 5.26. The predicted molar refractivity (Wildman–Crippen MR) is 118 cm³/mol. The van der Waals surface area contributed by atoms with Crippen molar-refractivity contribution < 1.29 is 9.47 Å². The van der Waals surface area contributed by atoms with Crippen LogP contribution in [-0.2, 0) is 19.4 Å². The van der Waals surface area contributed by atoms with Crippen molar-refractivity contribution in [2.24, 2.45) is 4.99 Å². The number of thiophene rings is 1. The number of nitrogens with zero attached hydrogens (tertiary/aromatic N) is 1. The molecule has 1 unspecified atom stereocenters. The third-order valence-electron chi connectivity index (χ3n) is 4.21. The lowest BCUT2D eigenvalue weighted by atomic mass is 10.1. The van der Waals surface area contributed by atoms with Crippen LogP contribution in [0, 0.1) is 0 Å². The molecular weight excluding hydrogens is 461 g/mol. The van der Waals surface area contributed by atoms with E-state index in [1.54, 1.807) is 25.5 Å². The van der Waals surface area contributed by atoms with Crippen molar-refractivity contribution in [2.45, 2.75) is 32.4 Å². The lowest BCUT2D eigenvalue weighted by molar-refractivity contribution is 0.254. The summed E-state index contributed by atoms with van der Waals surface area (Å²) in [7, 11) is 3.49. The maximum atomic E-state index is 5.86. The molecule has 0 fully saturated rings. The van der Waals surface area contributed by atoms with Crippen molar-refractivity contribution in [3.05, 3.63) is 45.6 Å². The average molecular weight is 487 g/mol. The zero-order chi connectivity index (χ0) is 17.6. The Morgan fingerprint density at radius 2 is 2.23 bits per heavy atom. The van der Waals surface area contributed by atoms with Crippen molar-refractivity contribution in [1.82, 2.24) is 10.6 Å². The standard InChI is InChI=1S/C19H25N3O2S.HI/c1-13-9-14-10-17(23-3)15(11-18(14)24-13)12-22-19(20-2)21-7-6-16-5-4-8-25-16;/h4-5,8,10-11,13H,6-7,9,12H2,1-3H3,(H2,20,21,22);1H. The van der Waals surface area contributed by atoms with Crippen LogP contribution in [0.25, 0.3) is 0 Å². The molecule has 0 amide bonds. The van der Waals surface area contributed by atoms with E-state index in [-0.39, 0.29) is 30.1 Å². The lowest BCUT2D eigenvalue weighted by Crippen LogP contribution is -2.37. The molecule has 2 heterocycles. The number of fused-ring (bicyclic) bond motifs is 1. The summed E-state index contributed by atoms with van der Waals surface area (Å²) in [6.07, 6.45) is 2.16. The molecule has 26 heavy (non-hydrogen) atoms. The van der Waals surface area contributed by atoms with Gasteiger partial charge in [0.1, 0.15) is 17.6 Å². The highest BCUT2D eigenvalue weighted by atomic mass is 127. The Morgan fingerprint density at radius 1 is 1.38 bits per heavy atom. The van der Waals surface area contributed by atoms with Crippen LogP contribution in [0.2, 0.25) is 0 Å². The van der Waals surface area contributed by atoms with Gasteiger partial charge in [-0.05, 0) is 36.9 Å². The zero-order valence-electron chi connectivity index (χ0n) is 15.4. The van der Waals surface area contributed by atoms with E-state index in [1.807, 2.05) is 0 Å². The maximum absolute atomic E-state index is 5.86. The molecular formula is C19H26IN3O2S. The van der Waals surface area contributed by atoms with Crippen molar-refractivity contribution in [3.8, 4) is 11.5 Å². The van der Waals surface area contributed by atoms with E-state index in [9.17, 15) is 0 Å². The van der Waals surface area contributed by atoms with Gasteiger partial charge in [-0.15, -0.1) is 35.3 Å². The Kier molecular flexibility index (Phi) is 8.02. The highest BCUT2D eigenvalue weighted by Crippen LogP contribution is 2.34. The largest absolute Gasteiger partial charge is 0.496 e. The molecule has 1 aromatic carbocycles. The first kappa shape index (κ1) is 20.8. The SMILES string of the molecule is CN=C(NCCc1cccs1)NCc1cc2c(cc1OC)CC(C)O2.I. The van der Waals surface area contributed by atoms with Crippen molar-refractivity contribution >= 4 is 41.3 Å². The topological polar surface area (TPSA) is 54.9 Å². The van der Waals surface area contributed by atoms with Crippen LogP contribution < -0.4 is 20.1 Å². The predicted octanol–water partition coefficient (Wildman–Crippen LogP) is 3.61. The summed E-state index contributed by atoms with van der Waals surface area (Å²) in [4.78, 5) is 5.66. The van der Waals surface area contributed by atoms with E-state index in [0.717, 1.165) is 42.4 Å². The molecule has 7 heteroatoms. The van der Waals surface area contributed by atoms with E-state index in [0.29, 0.717) is 6.54 Å². The van der Waals surface area contributed by atoms with Crippen LogP contribution in [0.5, 0.6) is 11.5 Å². The zero-order valence-corrected chi connectivity index (χ0v) is 18.5. The molecule has 2 aromatic rings. The normalized spacial score (nSPS) is 15.7. The van der Waals surface area contributed by atoms with Gasteiger partial charge in [-0.3, -0.25) is 4.99 Å². The summed E-state index contributed by atoms with van der Waals surface area (Å²) < 4.78 is 11.4. The van der Waals surface area contributed by atoms with E-state index < -0.39 is 0 Å². The Balaban J connectivity index is 0.00000243. The molecule has 2 N–H and O–H groups in total. The van der Waals surface area contributed by atoms with Gasteiger partial charge in [0, 0.05) is 42.6 Å². The molecule has 0 aliphatic carbocycles. The van der Waals surface area contributed by atoms with Gasteiger partial charge in [0.2, 0.25) is 0 Å². The maximum Gasteiger partial charge on any atom is 0.191 e. The number of guanidine groups is 1. The Morgan fingerprint density at radius 3 is 2.92 bits per heavy atom. The van der Waals surface area contributed by atoms with Crippen molar-refractivity contribution in [3.63, 3.8) is 0 Å². The molecule has 5 nitrogen and oxygen atoms in total. The fourth-order valence-corrected chi connectivity index (χ4v) is 3.68. The first-order valence-electron chi connectivity index (χ1n) is 8.53. The number of rotatable bonds is 6. The second kappa shape index (κ2) is 10.0. The van der Waals surface area contributed by atoms with Crippen molar-refractivity contribution in [1.29, 1.82) is 0 Å². The first-order valence-corrected chi connectivity index (χ1v) is 9.41. The minimum absolute atomic E-state index is 0. The fraction of sp³-hybridized carbons (Fsp3) is 0.421. The molecule has 0 spiro atoms. The van der Waals surface area contributed by atoms with Gasteiger partial charge >= 0.3 is 0 Å². The number of ether oxygens (including phenoxy) is 2. The summed E-state index contributed by atoms with van der Waals surface area (Å²) in [5, 5.41) is 8.80. The van der Waals surface area contributed by atoms with E-state index in [2.05, 4.69) is 52.2 Å². The Bertz CT molecular complexity index is 735. The monoisotopic (exact) mass is 487 g/mol. The number of benzene rings is 1. The number of nitrogens with one attached hydrogen (secondary N) is 2. The summed E-state index contributed by atoms with van der Waals surface area (Å²) in [6.45, 7) is 3.57. The molecule has 0 bridgehead atoms. The van der Waals surface area contributed by atoms with Gasteiger partial charge < -0.3 is 20.1 Å². The Labute approximate surface area is 176 Å². The average Bonchev–Trinajstić information content (AvgIpc) is 3.25. The third-order valence-corrected chi connectivity index (χ3v) is 5.15. The number of aliphatic imine (C=N–C) groups is 1. The van der Waals surface area contributed by atoms with Crippen molar-refractivity contribution in [2.75, 3.05) is 20.7 Å². The molecule has 3 rings (SSSR count). The van der Waals surface area contributed by atoms with E-state index in [4.69, 9.17) is 9.47 Å². The molecule has 142 valence electrons. The van der Waals surface area contributed by atoms with Crippen LogP contribution >= 0.6 is 35.3 Å². The second-order valence-electron chi connectivity index (χ2n) is 6.09. The minimum Gasteiger partial charge on any atom is -0.496 e. The number of methoxy groups -OCH3 is 1. The van der Waals surface area contributed by atoms with Gasteiger partial charge in [-0.2, -0.15) is 0 Å². The van der Waals surface area contributed by atoms with Crippen LogP contribution in [0.4, 0.5) is 0 Å². The van der Waals surface area contributed by atoms with Gasteiger partial charge in [0.15, 0.2) is 5.96 Å². The molecule has 1 aliphatic rings. The van der Waals surface area contributed by atoms with Crippen LogP contribution in [0.15, 0.2) is 34.6 Å². The summed E-state index contributed by atoms with van der Waals surface area (Å²) in [6, 6.07) is 8.39. The molecule has 0 saturated heterocycles. The summed E-state index contributed by atoms with van der Waals surface area (Å²) in [5.74, 6) is 2.64. The van der Waals surface area contributed by atoms with E-state index >= 15 is 0 Å². The lowest BCUT2D eigenvalue weighted by Gasteiger charge is -2.15. The summed E-state index contributed by atoms with van der Waals surface area (Å²) in [5.41, 5.74) is 2.28. The Hall–Kier alpha value is -1.48. The smallest absolute Gasteiger partial charge is 0.191 e.